The first-order valence-corrected chi connectivity index (χ1v) is 26.0. The lowest BCUT2D eigenvalue weighted by Crippen LogP contribution is -2.12. The van der Waals surface area contributed by atoms with E-state index in [0.717, 1.165) is 102 Å². The van der Waals surface area contributed by atoms with Gasteiger partial charge >= 0.3 is 0 Å². The van der Waals surface area contributed by atoms with E-state index in [1.54, 1.807) is 22.7 Å². The van der Waals surface area contributed by atoms with Crippen LogP contribution in [0.15, 0.2) is 12.1 Å². The lowest BCUT2D eigenvalue weighted by molar-refractivity contribution is 0.0979. The molecule has 0 aliphatic rings. The van der Waals surface area contributed by atoms with Gasteiger partial charge in [-0.1, -0.05) is 154 Å². The third-order valence-corrected chi connectivity index (χ3v) is 17.1. The van der Waals surface area contributed by atoms with Crippen molar-refractivity contribution >= 4 is 81.4 Å². The summed E-state index contributed by atoms with van der Waals surface area (Å²) < 4.78 is 34.1. The molecule has 0 saturated carbocycles. The van der Waals surface area contributed by atoms with Crippen LogP contribution in [0.5, 0.6) is 11.5 Å². The Kier molecular flexibility index (Phi) is 18.6. The molecular weight excluding hydrogens is 796 g/mol. The molecule has 58 heavy (non-hydrogen) atoms. The molecule has 1 aromatic carbocycles. The van der Waals surface area contributed by atoms with Gasteiger partial charge in [-0.3, -0.25) is 4.79 Å². The zero-order valence-electron chi connectivity index (χ0n) is 38.4. The van der Waals surface area contributed by atoms with Gasteiger partial charge < -0.3 is 9.47 Å². The molecule has 0 fully saturated rings. The van der Waals surface area contributed by atoms with Gasteiger partial charge in [0.15, 0.2) is 11.6 Å². The molecule has 5 aromatic rings. The minimum atomic E-state index is -0.338. The van der Waals surface area contributed by atoms with Crippen molar-refractivity contribution in [1.82, 2.24) is 0 Å². The fourth-order valence-corrected chi connectivity index (χ4v) is 12.9. The van der Waals surface area contributed by atoms with Gasteiger partial charge in [0, 0.05) is 37.2 Å². The molecule has 0 spiro atoms. The van der Waals surface area contributed by atoms with Crippen LogP contribution in [0, 0.1) is 17.7 Å². The number of rotatable bonds is 22. The highest BCUT2D eigenvalue weighted by atomic mass is 32.1. The van der Waals surface area contributed by atoms with Crippen LogP contribution in [-0.4, -0.2) is 19.0 Å². The number of unbranched alkanes of at least 4 members (excludes halogenated alkanes) is 6. The molecule has 3 nitrogen and oxygen atoms in total. The van der Waals surface area contributed by atoms with Crippen molar-refractivity contribution in [2.75, 3.05) is 13.2 Å². The normalized spacial score (nSPS) is 13.3. The summed E-state index contributed by atoms with van der Waals surface area (Å²) in [6.07, 6.45) is 14.9. The molecule has 0 N–H and O–H groups in total. The molecule has 4 aromatic heterocycles. The Morgan fingerprint density at radius 3 is 1.71 bits per heavy atom. The van der Waals surface area contributed by atoms with E-state index in [4.69, 9.17) is 9.47 Å². The third-order valence-electron chi connectivity index (χ3n) is 11.3. The number of carbonyl (C=O) groups excluding carboxylic acids is 1. The van der Waals surface area contributed by atoms with Crippen molar-refractivity contribution in [3.8, 4) is 21.3 Å². The van der Waals surface area contributed by atoms with E-state index in [1.807, 2.05) is 25.2 Å². The number of hydrogen-bond donors (Lipinski definition) is 0. The Bertz CT molecular complexity index is 1970. The highest BCUT2D eigenvalue weighted by Gasteiger charge is 2.32. The van der Waals surface area contributed by atoms with Crippen molar-refractivity contribution in [1.29, 1.82) is 0 Å². The van der Waals surface area contributed by atoms with Crippen molar-refractivity contribution in [2.24, 2.45) is 11.8 Å². The van der Waals surface area contributed by atoms with Gasteiger partial charge in [0.25, 0.3) is 0 Å². The van der Waals surface area contributed by atoms with Gasteiger partial charge in [0.1, 0.15) is 16.4 Å². The summed E-state index contributed by atoms with van der Waals surface area (Å²) >= 11 is 6.60. The number of ketones is 1. The van der Waals surface area contributed by atoms with Crippen molar-refractivity contribution < 1.29 is 18.7 Å². The number of halogens is 1. The Balaban J connectivity index is 0.00000366. The smallest absolute Gasteiger partial charge is 0.175 e. The van der Waals surface area contributed by atoms with Crippen molar-refractivity contribution in [3.63, 3.8) is 0 Å². The number of fused-ring (bicyclic) bond motifs is 3. The maximum Gasteiger partial charge on any atom is 0.175 e. The van der Waals surface area contributed by atoms with Crippen LogP contribution < -0.4 is 9.47 Å². The molecule has 324 valence electrons. The van der Waals surface area contributed by atoms with Crippen LogP contribution in [-0.2, 0) is 10.8 Å². The second-order valence-electron chi connectivity index (χ2n) is 18.1. The van der Waals surface area contributed by atoms with Crippen LogP contribution in [0.4, 0.5) is 4.39 Å². The lowest BCUT2D eigenvalue weighted by atomic mass is 9.94. The predicted molar refractivity (Wildman–Crippen MR) is 260 cm³/mol. The molecule has 0 amide bonds. The number of thiophene rings is 4. The molecular formula is C50H75FO3S4. The first kappa shape index (κ1) is 48.7. The zero-order valence-corrected chi connectivity index (χ0v) is 41.6. The maximum absolute atomic E-state index is 16.9. The largest absolute Gasteiger partial charge is 0.491 e. The van der Waals surface area contributed by atoms with Crippen molar-refractivity contribution in [3.05, 3.63) is 32.6 Å². The van der Waals surface area contributed by atoms with Gasteiger partial charge in [-0.25, -0.2) is 4.39 Å². The van der Waals surface area contributed by atoms with Gasteiger partial charge in [-0.2, -0.15) is 0 Å². The van der Waals surface area contributed by atoms with E-state index in [0.29, 0.717) is 41.7 Å². The average molecular weight is 871 g/mol. The Morgan fingerprint density at radius 1 is 0.655 bits per heavy atom. The minimum absolute atomic E-state index is 0.0238. The molecule has 2 atom stereocenters. The highest BCUT2D eigenvalue weighted by molar-refractivity contribution is 7.30. The standard InChI is InChI=1S/C48H69FO3S4.C2H6/c1-12-17-20-21-22-25-34(50)43-38(49)37-44(56-46(45(37)55-43)48(9,10)11)35-26-32-39(51-28-30(15-4)23-18-13-2)42-33(27-36(54-42)47(6,7)8)40(41(32)53-35)52-29-31(16-5)24-19-14-3;1-2/h26-27,30-31H,12-25,28-29H2,1-11H3;1-2H3. The van der Waals surface area contributed by atoms with E-state index in [2.05, 4.69) is 88.3 Å². The SMILES string of the molecule is CC.CCCCCCCC(=O)c1sc2c(C(C)(C)C)sc(-c3cc4c(OCC(CC)CCCC)c5sc(C(C)(C)C)cc5c(OCC(CC)CCCC)c4s3)c2c1F. The third kappa shape index (κ3) is 11.5. The predicted octanol–water partition coefficient (Wildman–Crippen LogP) is 18.6. The summed E-state index contributed by atoms with van der Waals surface area (Å²) in [4.78, 5) is 18.3. The second-order valence-corrected chi connectivity index (χ2v) is 22.3. The molecule has 8 heteroatoms. The molecule has 0 aliphatic carbocycles. The molecule has 0 saturated heterocycles. The fraction of sp³-hybridized carbons (Fsp3) is 0.660. The monoisotopic (exact) mass is 870 g/mol. The van der Waals surface area contributed by atoms with Gasteiger partial charge in [0.2, 0.25) is 0 Å². The van der Waals surface area contributed by atoms with E-state index in [-0.39, 0.29) is 22.4 Å². The quantitative estimate of drug-likeness (QED) is 0.0513. The van der Waals surface area contributed by atoms with Gasteiger partial charge in [0.05, 0.1) is 32.2 Å². The van der Waals surface area contributed by atoms with Crippen LogP contribution >= 0.6 is 45.3 Å². The first-order valence-electron chi connectivity index (χ1n) is 22.8. The van der Waals surface area contributed by atoms with Crippen LogP contribution in [0.2, 0.25) is 0 Å². The summed E-state index contributed by atoms with van der Waals surface area (Å²) in [5.74, 6) is 2.44. The molecule has 0 bridgehead atoms. The molecule has 4 heterocycles. The zero-order chi connectivity index (χ0) is 42.8. The van der Waals surface area contributed by atoms with E-state index in [1.165, 1.54) is 48.3 Å². The average Bonchev–Trinajstić information content (AvgIpc) is 3.98. The van der Waals surface area contributed by atoms with Gasteiger partial charge in [-0.15, -0.1) is 45.3 Å². The molecule has 5 rings (SSSR count). The number of ether oxygens (including phenoxy) is 2. The number of Topliss-reactive ketones (excluding diaryl/α,β-unsaturated/α-hetero) is 1. The summed E-state index contributed by atoms with van der Waals surface area (Å²) in [5.41, 5.74) is -0.227. The fourth-order valence-electron chi connectivity index (χ4n) is 7.49. The topological polar surface area (TPSA) is 35.5 Å². The first-order chi connectivity index (χ1) is 27.7. The number of hydrogen-bond acceptors (Lipinski definition) is 7. The lowest BCUT2D eigenvalue weighted by Gasteiger charge is -2.19. The van der Waals surface area contributed by atoms with Crippen LogP contribution in [0.1, 0.15) is 199 Å². The van der Waals surface area contributed by atoms with Gasteiger partial charge in [-0.05, 0) is 54.1 Å². The number of benzene rings is 1. The summed E-state index contributed by atoms with van der Waals surface area (Å²) in [7, 11) is 0. The van der Waals surface area contributed by atoms with E-state index < -0.39 is 0 Å². The molecule has 0 radical (unpaired) electrons. The highest BCUT2D eigenvalue weighted by Crippen LogP contribution is 2.56. The van der Waals surface area contributed by atoms with Crippen LogP contribution in [0.25, 0.3) is 40.0 Å². The second kappa shape index (κ2) is 22.2. The summed E-state index contributed by atoms with van der Waals surface area (Å²) in [6.45, 7) is 30.0. The Morgan fingerprint density at radius 2 is 1.19 bits per heavy atom. The van der Waals surface area contributed by atoms with E-state index in [9.17, 15) is 4.79 Å². The summed E-state index contributed by atoms with van der Waals surface area (Å²) in [5, 5.41) is 2.80. The molecule has 2 unspecified atom stereocenters. The Labute approximate surface area is 367 Å². The van der Waals surface area contributed by atoms with Crippen LogP contribution in [0.3, 0.4) is 0 Å². The molecule has 0 aliphatic heterocycles. The maximum atomic E-state index is 16.9. The van der Waals surface area contributed by atoms with Crippen molar-refractivity contribution in [2.45, 2.75) is 191 Å². The Hall–Kier alpha value is -2.00. The van der Waals surface area contributed by atoms with E-state index >= 15 is 4.39 Å². The number of carbonyl (C=O) groups is 1. The summed E-state index contributed by atoms with van der Waals surface area (Å²) in [6, 6.07) is 4.60. The minimum Gasteiger partial charge on any atom is -0.491 e.